The number of sulfone groups is 1. The molecule has 25 heavy (non-hydrogen) atoms. The lowest BCUT2D eigenvalue weighted by molar-refractivity contribution is 0.496. The Hall–Kier alpha value is -0.830. The van der Waals surface area contributed by atoms with E-state index >= 15 is 0 Å². The minimum atomic E-state index is -3.29. The first-order valence-electron chi connectivity index (χ1n) is 8.53. The van der Waals surface area contributed by atoms with Crippen LogP contribution in [0.1, 0.15) is 39.2 Å². The summed E-state index contributed by atoms with van der Waals surface area (Å²) in [6.45, 7) is 8.69. The molecule has 142 valence electrons. The van der Waals surface area contributed by atoms with Gasteiger partial charge >= 0.3 is 0 Å². The molecule has 1 N–H and O–H groups in total. The molecule has 7 heteroatoms. The predicted molar refractivity (Wildman–Crippen MR) is 115 cm³/mol. The Morgan fingerprint density at radius 3 is 2.20 bits per heavy atom. The van der Waals surface area contributed by atoms with Crippen molar-refractivity contribution < 1.29 is 8.42 Å². The van der Waals surface area contributed by atoms with E-state index in [9.17, 15) is 8.42 Å². The molecule has 1 fully saturated rings. The second kappa shape index (κ2) is 9.21. The molecular weight excluding hydrogens is 449 g/mol. The Morgan fingerprint density at radius 2 is 1.72 bits per heavy atom. The van der Waals surface area contributed by atoms with E-state index in [4.69, 9.17) is 0 Å². The summed E-state index contributed by atoms with van der Waals surface area (Å²) < 4.78 is 25.0. The Bertz CT molecular complexity index is 673. The van der Waals surface area contributed by atoms with E-state index in [-0.39, 0.29) is 35.1 Å². The van der Waals surface area contributed by atoms with Crippen molar-refractivity contribution in [2.45, 2.75) is 43.9 Å². The quantitative estimate of drug-likeness (QED) is 0.410. The molecule has 1 aromatic rings. The molecule has 2 rings (SSSR count). The van der Waals surface area contributed by atoms with Crippen molar-refractivity contribution in [2.24, 2.45) is 4.99 Å². The first-order valence-corrected chi connectivity index (χ1v) is 10.2. The topological polar surface area (TPSA) is 61.8 Å². The maximum atomic E-state index is 12.5. The summed E-state index contributed by atoms with van der Waals surface area (Å²) in [6.07, 6.45) is 2.33. The van der Waals surface area contributed by atoms with E-state index in [1.165, 1.54) is 12.8 Å². The Balaban J connectivity index is 0.00000312. The van der Waals surface area contributed by atoms with Gasteiger partial charge in [0.25, 0.3) is 0 Å². The first kappa shape index (κ1) is 22.2. The molecule has 0 radical (unpaired) electrons. The minimum absolute atomic E-state index is 0. The fourth-order valence-corrected chi connectivity index (χ4v) is 4.00. The van der Waals surface area contributed by atoms with E-state index < -0.39 is 9.84 Å². The number of halogens is 1. The summed E-state index contributed by atoms with van der Waals surface area (Å²) in [5.41, 5.74) is 1.15. The molecule has 0 atom stereocenters. The third-order valence-electron chi connectivity index (χ3n) is 4.35. The van der Waals surface area contributed by atoms with Crippen molar-refractivity contribution in [1.29, 1.82) is 0 Å². The fraction of sp³-hybridized carbons (Fsp3) is 0.611. The summed E-state index contributed by atoms with van der Waals surface area (Å²) in [4.78, 5) is 6.79. The SMILES string of the molecule is CN=C(NCCS(=O)(=O)c1ccc(C(C)(C)C)cc1)N1CCCC1.I. The molecule has 0 bridgehead atoms. The molecule has 0 spiro atoms. The van der Waals surface area contributed by atoms with Gasteiger partial charge in [-0.15, -0.1) is 24.0 Å². The largest absolute Gasteiger partial charge is 0.355 e. The second-order valence-electron chi connectivity index (χ2n) is 7.26. The highest BCUT2D eigenvalue weighted by Crippen LogP contribution is 2.23. The van der Waals surface area contributed by atoms with Crippen molar-refractivity contribution in [3.05, 3.63) is 29.8 Å². The molecule has 0 saturated carbocycles. The number of nitrogens with zero attached hydrogens (tertiary/aromatic N) is 2. The highest BCUT2D eigenvalue weighted by atomic mass is 127. The number of hydrogen-bond acceptors (Lipinski definition) is 3. The van der Waals surface area contributed by atoms with Gasteiger partial charge < -0.3 is 10.2 Å². The molecule has 0 unspecified atom stereocenters. The van der Waals surface area contributed by atoms with Gasteiger partial charge in [0.2, 0.25) is 0 Å². The zero-order valence-electron chi connectivity index (χ0n) is 15.6. The van der Waals surface area contributed by atoms with Gasteiger partial charge in [0.15, 0.2) is 15.8 Å². The fourth-order valence-electron chi connectivity index (χ4n) is 2.84. The molecule has 0 amide bonds. The predicted octanol–water partition coefficient (Wildman–Crippen LogP) is 3.05. The first-order chi connectivity index (χ1) is 11.2. The Kier molecular flexibility index (Phi) is 8.18. The van der Waals surface area contributed by atoms with Crippen LogP contribution in [0.5, 0.6) is 0 Å². The van der Waals surface area contributed by atoms with Crippen molar-refractivity contribution in [2.75, 3.05) is 32.4 Å². The molecule has 1 aromatic carbocycles. The van der Waals surface area contributed by atoms with Crippen LogP contribution in [0.3, 0.4) is 0 Å². The smallest absolute Gasteiger partial charge is 0.193 e. The van der Waals surface area contributed by atoms with Crippen LogP contribution in [0.15, 0.2) is 34.2 Å². The van der Waals surface area contributed by atoms with Gasteiger partial charge in [-0.25, -0.2) is 8.42 Å². The maximum Gasteiger partial charge on any atom is 0.193 e. The zero-order valence-corrected chi connectivity index (χ0v) is 18.7. The molecule has 1 saturated heterocycles. The monoisotopic (exact) mass is 479 g/mol. The Labute approximate surface area is 169 Å². The number of aliphatic imine (C=N–C) groups is 1. The third kappa shape index (κ3) is 6.13. The van der Waals surface area contributed by atoms with Gasteiger partial charge in [0.05, 0.1) is 10.6 Å². The lowest BCUT2D eigenvalue weighted by Gasteiger charge is -2.21. The average molecular weight is 479 g/mol. The molecule has 5 nitrogen and oxygen atoms in total. The van der Waals surface area contributed by atoms with E-state index in [1.807, 2.05) is 12.1 Å². The lowest BCUT2D eigenvalue weighted by atomic mass is 9.87. The van der Waals surface area contributed by atoms with Crippen molar-refractivity contribution >= 4 is 39.8 Å². The molecule has 0 aromatic heterocycles. The summed E-state index contributed by atoms with van der Waals surface area (Å²) >= 11 is 0. The van der Waals surface area contributed by atoms with Gasteiger partial charge in [-0.05, 0) is 36.0 Å². The van der Waals surface area contributed by atoms with E-state index in [0.29, 0.717) is 11.4 Å². The van der Waals surface area contributed by atoms with Gasteiger partial charge in [-0.1, -0.05) is 32.9 Å². The lowest BCUT2D eigenvalue weighted by Crippen LogP contribution is -2.41. The zero-order chi connectivity index (χ0) is 17.8. The van der Waals surface area contributed by atoms with Crippen LogP contribution >= 0.6 is 24.0 Å². The van der Waals surface area contributed by atoms with E-state index in [0.717, 1.165) is 24.6 Å². The number of rotatable bonds is 4. The number of likely N-dealkylation sites (tertiary alicyclic amines) is 1. The number of nitrogens with one attached hydrogen (secondary N) is 1. The summed E-state index contributed by atoms with van der Waals surface area (Å²) in [6, 6.07) is 7.24. The van der Waals surface area contributed by atoms with Crippen LogP contribution in [0.4, 0.5) is 0 Å². The van der Waals surface area contributed by atoms with Crippen LogP contribution in [0, 0.1) is 0 Å². The number of hydrogen-bond donors (Lipinski definition) is 1. The van der Waals surface area contributed by atoms with Crippen LogP contribution in [0.2, 0.25) is 0 Å². The molecule has 1 heterocycles. The van der Waals surface area contributed by atoms with Gasteiger partial charge in [0, 0.05) is 26.7 Å². The van der Waals surface area contributed by atoms with Crippen LogP contribution in [-0.2, 0) is 15.3 Å². The highest BCUT2D eigenvalue weighted by Gasteiger charge is 2.19. The van der Waals surface area contributed by atoms with E-state index in [1.54, 1.807) is 19.2 Å². The standard InChI is InChI=1S/C18H29N3O2S.HI/c1-18(2,3)15-7-9-16(10-8-15)24(22,23)14-11-20-17(19-4)21-12-5-6-13-21;/h7-10H,5-6,11-14H2,1-4H3,(H,19,20);1H. The van der Waals surface area contributed by atoms with Crippen LogP contribution < -0.4 is 5.32 Å². The molecule has 1 aliphatic rings. The van der Waals surface area contributed by atoms with Crippen LogP contribution in [-0.4, -0.2) is 51.7 Å². The van der Waals surface area contributed by atoms with Crippen molar-refractivity contribution in [3.8, 4) is 0 Å². The average Bonchev–Trinajstić information content (AvgIpc) is 3.05. The normalized spacial score (nSPS) is 15.8. The van der Waals surface area contributed by atoms with Gasteiger partial charge in [-0.2, -0.15) is 0 Å². The third-order valence-corrected chi connectivity index (χ3v) is 6.08. The van der Waals surface area contributed by atoms with E-state index in [2.05, 4.69) is 36.0 Å². The Morgan fingerprint density at radius 1 is 1.16 bits per heavy atom. The van der Waals surface area contributed by atoms with Crippen molar-refractivity contribution in [3.63, 3.8) is 0 Å². The second-order valence-corrected chi connectivity index (χ2v) is 9.37. The summed E-state index contributed by atoms with van der Waals surface area (Å²) in [7, 11) is -1.55. The summed E-state index contributed by atoms with van der Waals surface area (Å²) in [5.74, 6) is 0.861. The molecule has 0 aliphatic carbocycles. The van der Waals surface area contributed by atoms with Gasteiger partial charge in [0.1, 0.15) is 0 Å². The highest BCUT2D eigenvalue weighted by molar-refractivity contribution is 14.0. The van der Waals surface area contributed by atoms with Gasteiger partial charge in [-0.3, -0.25) is 4.99 Å². The molecular formula is C18H30IN3O2S. The number of guanidine groups is 1. The minimum Gasteiger partial charge on any atom is -0.355 e. The van der Waals surface area contributed by atoms with Crippen LogP contribution in [0.25, 0.3) is 0 Å². The summed E-state index contributed by atoms with van der Waals surface area (Å²) in [5, 5.41) is 3.17. The van der Waals surface area contributed by atoms with Crippen molar-refractivity contribution in [1.82, 2.24) is 10.2 Å². The molecule has 1 aliphatic heterocycles. The number of benzene rings is 1. The maximum absolute atomic E-state index is 12.5.